The molecule has 0 unspecified atom stereocenters. The van der Waals surface area contributed by atoms with E-state index in [4.69, 9.17) is 14.2 Å². The average Bonchev–Trinajstić information content (AvgIpc) is 3.33. The Balaban J connectivity index is 1.74. The summed E-state index contributed by atoms with van der Waals surface area (Å²) in [5.74, 6) is 1.14. The van der Waals surface area contributed by atoms with E-state index in [1.807, 2.05) is 24.3 Å². The van der Waals surface area contributed by atoms with Gasteiger partial charge in [-0.05, 0) is 37.5 Å². The Labute approximate surface area is 203 Å². The molecule has 0 bridgehead atoms. The fourth-order valence-electron chi connectivity index (χ4n) is 3.90. The second kappa shape index (κ2) is 11.9. The van der Waals surface area contributed by atoms with Crippen LogP contribution in [0.1, 0.15) is 38.2 Å². The van der Waals surface area contributed by atoms with Gasteiger partial charge in [0.1, 0.15) is 23.3 Å². The van der Waals surface area contributed by atoms with Gasteiger partial charge in [-0.15, -0.1) is 0 Å². The second-order valence-corrected chi connectivity index (χ2v) is 9.07. The number of nitrogens with one attached hydrogen (secondary N) is 1. The van der Waals surface area contributed by atoms with Gasteiger partial charge in [0.05, 0.1) is 14.2 Å². The van der Waals surface area contributed by atoms with E-state index >= 15 is 0 Å². The third-order valence-electron chi connectivity index (χ3n) is 5.80. The van der Waals surface area contributed by atoms with Crippen LogP contribution in [0.5, 0.6) is 17.2 Å². The van der Waals surface area contributed by atoms with Gasteiger partial charge in [-0.3, -0.25) is 9.59 Å². The minimum atomic E-state index is -0.638. The van der Waals surface area contributed by atoms with Crippen molar-refractivity contribution in [3.63, 3.8) is 0 Å². The Bertz CT molecular complexity index is 939. The molecular formula is C25H31BrN2O5. The van der Waals surface area contributed by atoms with E-state index in [-0.39, 0.29) is 24.5 Å². The van der Waals surface area contributed by atoms with Gasteiger partial charge in [0.2, 0.25) is 5.91 Å². The standard InChI is InChI=1S/C25H31BrN2O5/c1-17(25(30)27-20-9-4-5-10-20)28(15-18-7-6-8-19(26)11-18)24(29)16-33-23-13-21(31-2)12-22(14-23)32-3/h6-8,11-14,17,20H,4-5,9-10,15-16H2,1-3H3,(H,27,30)/t17-/m0/s1. The summed E-state index contributed by atoms with van der Waals surface area (Å²) < 4.78 is 17.2. The Morgan fingerprint density at radius 3 is 2.30 bits per heavy atom. The molecule has 1 fully saturated rings. The topological polar surface area (TPSA) is 77.1 Å². The first-order chi connectivity index (χ1) is 15.9. The van der Waals surface area contributed by atoms with Crippen LogP contribution in [0.4, 0.5) is 0 Å². The number of nitrogens with zero attached hydrogens (tertiary/aromatic N) is 1. The highest BCUT2D eigenvalue weighted by Crippen LogP contribution is 2.27. The molecule has 3 rings (SSSR count). The van der Waals surface area contributed by atoms with Gasteiger partial charge in [0, 0.05) is 35.3 Å². The van der Waals surface area contributed by atoms with Crippen molar-refractivity contribution >= 4 is 27.7 Å². The number of hydrogen-bond donors (Lipinski definition) is 1. The molecule has 2 aromatic carbocycles. The molecule has 0 aromatic heterocycles. The van der Waals surface area contributed by atoms with Crippen LogP contribution in [-0.2, 0) is 16.1 Å². The second-order valence-electron chi connectivity index (χ2n) is 8.15. The highest BCUT2D eigenvalue weighted by atomic mass is 79.9. The van der Waals surface area contributed by atoms with Gasteiger partial charge in [-0.2, -0.15) is 0 Å². The molecule has 0 saturated heterocycles. The average molecular weight is 519 g/mol. The van der Waals surface area contributed by atoms with Gasteiger partial charge in [-0.1, -0.05) is 40.9 Å². The summed E-state index contributed by atoms with van der Waals surface area (Å²) in [5.41, 5.74) is 0.918. The molecule has 2 aromatic rings. The molecule has 1 saturated carbocycles. The van der Waals surface area contributed by atoms with Crippen molar-refractivity contribution in [1.29, 1.82) is 0 Å². The Morgan fingerprint density at radius 2 is 1.70 bits per heavy atom. The first-order valence-corrected chi connectivity index (χ1v) is 11.9. The summed E-state index contributed by atoms with van der Waals surface area (Å²) in [7, 11) is 3.10. The highest BCUT2D eigenvalue weighted by Gasteiger charge is 2.28. The number of carbonyl (C=O) groups excluding carboxylic acids is 2. The Hall–Kier alpha value is -2.74. The van der Waals surface area contributed by atoms with E-state index in [0.29, 0.717) is 23.8 Å². The zero-order valence-corrected chi connectivity index (χ0v) is 20.9. The lowest BCUT2D eigenvalue weighted by atomic mass is 10.1. The van der Waals surface area contributed by atoms with Gasteiger partial charge in [0.25, 0.3) is 5.91 Å². The zero-order valence-electron chi connectivity index (χ0n) is 19.3. The minimum absolute atomic E-state index is 0.145. The lowest BCUT2D eigenvalue weighted by molar-refractivity contribution is -0.142. The number of ether oxygens (including phenoxy) is 3. The molecule has 0 heterocycles. The van der Waals surface area contributed by atoms with E-state index in [9.17, 15) is 9.59 Å². The van der Waals surface area contributed by atoms with E-state index in [2.05, 4.69) is 21.2 Å². The smallest absolute Gasteiger partial charge is 0.261 e. The number of methoxy groups -OCH3 is 2. The van der Waals surface area contributed by atoms with Crippen molar-refractivity contribution in [2.45, 2.75) is 51.2 Å². The van der Waals surface area contributed by atoms with Crippen LogP contribution in [-0.4, -0.2) is 49.6 Å². The molecule has 1 N–H and O–H groups in total. The summed E-state index contributed by atoms with van der Waals surface area (Å²) in [6.45, 7) is 1.84. The maximum atomic E-state index is 13.2. The summed E-state index contributed by atoms with van der Waals surface area (Å²) in [5, 5.41) is 3.10. The van der Waals surface area contributed by atoms with Crippen LogP contribution in [0.2, 0.25) is 0 Å². The molecule has 178 valence electrons. The van der Waals surface area contributed by atoms with Crippen LogP contribution in [0, 0.1) is 0 Å². The number of benzene rings is 2. The lowest BCUT2D eigenvalue weighted by Crippen LogP contribution is -2.50. The lowest BCUT2D eigenvalue weighted by Gasteiger charge is -2.29. The first kappa shape index (κ1) is 24.9. The quantitative estimate of drug-likeness (QED) is 0.506. The zero-order chi connectivity index (χ0) is 23.8. The summed E-state index contributed by atoms with van der Waals surface area (Å²) in [6, 6.07) is 12.3. The molecule has 0 spiro atoms. The Kier molecular flexibility index (Phi) is 9.00. The fraction of sp³-hybridized carbons (Fsp3) is 0.440. The molecular weight excluding hydrogens is 488 g/mol. The number of halogens is 1. The molecule has 2 amide bonds. The maximum absolute atomic E-state index is 13.2. The predicted molar refractivity (Wildman–Crippen MR) is 130 cm³/mol. The predicted octanol–water partition coefficient (Wildman–Crippen LogP) is 4.32. The van der Waals surface area contributed by atoms with Crippen molar-refractivity contribution in [2.24, 2.45) is 0 Å². The third kappa shape index (κ3) is 7.12. The van der Waals surface area contributed by atoms with Crippen LogP contribution in [0.15, 0.2) is 46.9 Å². The SMILES string of the molecule is COc1cc(OC)cc(OCC(=O)N(Cc2cccc(Br)c2)[C@@H](C)C(=O)NC2CCCC2)c1. The van der Waals surface area contributed by atoms with Crippen molar-refractivity contribution < 1.29 is 23.8 Å². The number of amides is 2. The molecule has 7 nitrogen and oxygen atoms in total. The van der Waals surface area contributed by atoms with Crippen LogP contribution >= 0.6 is 15.9 Å². The fourth-order valence-corrected chi connectivity index (χ4v) is 4.35. The maximum Gasteiger partial charge on any atom is 0.261 e. The van der Waals surface area contributed by atoms with E-state index < -0.39 is 6.04 Å². The number of rotatable bonds is 10. The highest BCUT2D eigenvalue weighted by molar-refractivity contribution is 9.10. The van der Waals surface area contributed by atoms with Crippen molar-refractivity contribution in [3.8, 4) is 17.2 Å². The van der Waals surface area contributed by atoms with Gasteiger partial charge in [-0.25, -0.2) is 0 Å². The van der Waals surface area contributed by atoms with Gasteiger partial charge in [0.15, 0.2) is 6.61 Å². The van der Waals surface area contributed by atoms with Gasteiger partial charge < -0.3 is 24.4 Å². The van der Waals surface area contributed by atoms with Crippen LogP contribution in [0.3, 0.4) is 0 Å². The largest absolute Gasteiger partial charge is 0.496 e. The molecule has 0 radical (unpaired) electrons. The van der Waals surface area contributed by atoms with Crippen LogP contribution < -0.4 is 19.5 Å². The third-order valence-corrected chi connectivity index (χ3v) is 6.29. The minimum Gasteiger partial charge on any atom is -0.496 e. The number of carbonyl (C=O) groups is 2. The summed E-state index contributed by atoms with van der Waals surface area (Å²) in [6.07, 6.45) is 4.22. The molecule has 0 aliphatic heterocycles. The normalized spacial score (nSPS) is 14.4. The van der Waals surface area contributed by atoms with Gasteiger partial charge >= 0.3 is 0 Å². The van der Waals surface area contributed by atoms with E-state index in [0.717, 1.165) is 35.7 Å². The summed E-state index contributed by atoms with van der Waals surface area (Å²) in [4.78, 5) is 27.8. The van der Waals surface area contributed by atoms with Crippen LogP contribution in [0.25, 0.3) is 0 Å². The molecule has 1 atom stereocenters. The van der Waals surface area contributed by atoms with Crippen molar-refractivity contribution in [2.75, 3.05) is 20.8 Å². The van der Waals surface area contributed by atoms with E-state index in [1.54, 1.807) is 44.2 Å². The number of hydrogen-bond acceptors (Lipinski definition) is 5. The van der Waals surface area contributed by atoms with Crippen molar-refractivity contribution in [3.05, 3.63) is 52.5 Å². The first-order valence-electron chi connectivity index (χ1n) is 11.1. The molecule has 1 aliphatic carbocycles. The monoisotopic (exact) mass is 518 g/mol. The summed E-state index contributed by atoms with van der Waals surface area (Å²) >= 11 is 3.47. The molecule has 1 aliphatic rings. The van der Waals surface area contributed by atoms with E-state index in [1.165, 1.54) is 0 Å². The molecule has 8 heteroatoms. The van der Waals surface area contributed by atoms with Crippen molar-refractivity contribution in [1.82, 2.24) is 10.2 Å². The molecule has 33 heavy (non-hydrogen) atoms. The Morgan fingerprint density at radius 1 is 1.06 bits per heavy atom.